The smallest absolute Gasteiger partial charge is 0.410 e. The first-order valence-corrected chi connectivity index (χ1v) is 7.64. The molecule has 0 radical (unpaired) electrons. The molecule has 5 N–H and O–H groups in total. The van der Waals surface area contributed by atoms with Crippen LogP contribution in [0.2, 0.25) is 0 Å². The van der Waals surface area contributed by atoms with E-state index in [2.05, 4.69) is 5.32 Å². The Morgan fingerprint density at radius 2 is 2.09 bits per heavy atom. The number of nitrogens with zero attached hydrogens (tertiary/aromatic N) is 2. The molecule has 0 aromatic heterocycles. The lowest BCUT2D eigenvalue weighted by atomic mass is 10.1. The van der Waals surface area contributed by atoms with Crippen LogP contribution in [0.25, 0.3) is 0 Å². The SMILES string of the molecule is CC(C)(C)OC(=O)N1CCN2C(/C=C(\N)Cl)=C(N)NC(=O)C2C1. The number of ether oxygens (including phenoxy) is 1. The van der Waals surface area contributed by atoms with Gasteiger partial charge in [-0.2, -0.15) is 0 Å². The molecule has 9 heteroatoms. The fourth-order valence-electron chi connectivity index (χ4n) is 2.51. The predicted molar refractivity (Wildman–Crippen MR) is 85.8 cm³/mol. The van der Waals surface area contributed by atoms with E-state index < -0.39 is 17.7 Å². The molecule has 2 amide bonds. The highest BCUT2D eigenvalue weighted by molar-refractivity contribution is 6.29. The van der Waals surface area contributed by atoms with Gasteiger partial charge < -0.3 is 31.3 Å². The molecule has 0 saturated carbocycles. The quantitative estimate of drug-likeness (QED) is 0.586. The molecule has 2 rings (SSSR count). The van der Waals surface area contributed by atoms with Crippen molar-refractivity contribution in [3.8, 4) is 0 Å². The van der Waals surface area contributed by atoms with Gasteiger partial charge >= 0.3 is 6.09 Å². The van der Waals surface area contributed by atoms with Gasteiger partial charge in [-0.25, -0.2) is 4.79 Å². The van der Waals surface area contributed by atoms with Gasteiger partial charge in [0, 0.05) is 13.1 Å². The van der Waals surface area contributed by atoms with E-state index in [1.165, 1.54) is 11.0 Å². The number of carbonyl (C=O) groups is 2. The number of nitrogens with two attached hydrogens (primary N) is 2. The molecule has 1 unspecified atom stereocenters. The molecule has 0 bridgehead atoms. The van der Waals surface area contributed by atoms with Crippen molar-refractivity contribution in [3.63, 3.8) is 0 Å². The van der Waals surface area contributed by atoms with Crippen LogP contribution in [0.3, 0.4) is 0 Å². The zero-order valence-corrected chi connectivity index (χ0v) is 14.2. The van der Waals surface area contributed by atoms with Gasteiger partial charge in [-0.1, -0.05) is 11.6 Å². The predicted octanol–water partition coefficient (Wildman–Crippen LogP) is 0.204. The summed E-state index contributed by atoms with van der Waals surface area (Å²) in [4.78, 5) is 27.7. The lowest BCUT2D eigenvalue weighted by Gasteiger charge is -2.44. The highest BCUT2D eigenvalue weighted by atomic mass is 35.5. The summed E-state index contributed by atoms with van der Waals surface area (Å²) in [6.07, 6.45) is 1.05. The molecule has 2 aliphatic rings. The van der Waals surface area contributed by atoms with Crippen molar-refractivity contribution in [2.24, 2.45) is 11.5 Å². The summed E-state index contributed by atoms with van der Waals surface area (Å²) >= 11 is 5.72. The molecule has 0 aromatic rings. The van der Waals surface area contributed by atoms with E-state index >= 15 is 0 Å². The van der Waals surface area contributed by atoms with Crippen LogP contribution in [-0.4, -0.2) is 53.1 Å². The standard InChI is InChI=1S/C14H22ClN5O3/c1-14(2,3)23-13(22)19-4-5-20-8(6-10(15)16)11(17)18-12(21)9(20)7-19/h6,9H,4-5,7,16-17H2,1-3H3,(H,18,21)/b10-6-. The average Bonchev–Trinajstić information content (AvgIpc) is 2.40. The Balaban J connectivity index is 2.17. The van der Waals surface area contributed by atoms with E-state index in [0.717, 1.165) is 0 Å². The maximum atomic E-state index is 12.2. The van der Waals surface area contributed by atoms with E-state index in [9.17, 15) is 9.59 Å². The number of carbonyl (C=O) groups excluding carboxylic acids is 2. The van der Waals surface area contributed by atoms with Crippen molar-refractivity contribution in [1.82, 2.24) is 15.1 Å². The number of hydrogen-bond donors (Lipinski definition) is 3. The zero-order valence-electron chi connectivity index (χ0n) is 13.4. The first-order valence-electron chi connectivity index (χ1n) is 7.26. The van der Waals surface area contributed by atoms with Crippen molar-refractivity contribution in [1.29, 1.82) is 0 Å². The molecule has 0 aliphatic carbocycles. The third-order valence-electron chi connectivity index (χ3n) is 3.45. The van der Waals surface area contributed by atoms with E-state index in [4.69, 9.17) is 27.8 Å². The van der Waals surface area contributed by atoms with Crippen LogP contribution >= 0.6 is 11.6 Å². The Hall–Kier alpha value is -2.09. The van der Waals surface area contributed by atoms with Crippen molar-refractivity contribution in [2.75, 3.05) is 19.6 Å². The Morgan fingerprint density at radius 3 is 2.65 bits per heavy atom. The lowest BCUT2D eigenvalue weighted by molar-refractivity contribution is -0.128. The largest absolute Gasteiger partial charge is 0.444 e. The molecule has 8 nitrogen and oxygen atoms in total. The van der Waals surface area contributed by atoms with Crippen molar-refractivity contribution < 1.29 is 14.3 Å². The summed E-state index contributed by atoms with van der Waals surface area (Å²) in [5.41, 5.74) is 11.3. The fraction of sp³-hybridized carbons (Fsp3) is 0.571. The molecule has 0 spiro atoms. The van der Waals surface area contributed by atoms with Gasteiger partial charge in [0.2, 0.25) is 5.91 Å². The van der Waals surface area contributed by atoms with Crippen LogP contribution in [0.15, 0.2) is 22.8 Å². The van der Waals surface area contributed by atoms with Gasteiger partial charge in [-0.3, -0.25) is 4.79 Å². The summed E-state index contributed by atoms with van der Waals surface area (Å²) in [6.45, 7) is 6.42. The number of fused-ring (bicyclic) bond motifs is 1. The van der Waals surface area contributed by atoms with Crippen LogP contribution in [0, 0.1) is 0 Å². The number of piperazine rings is 1. The molecule has 128 valence electrons. The maximum absolute atomic E-state index is 12.2. The van der Waals surface area contributed by atoms with Crippen LogP contribution in [-0.2, 0) is 9.53 Å². The second kappa shape index (κ2) is 6.19. The number of hydrogen-bond acceptors (Lipinski definition) is 6. The number of allylic oxidation sites excluding steroid dienone is 1. The number of nitrogens with one attached hydrogen (secondary N) is 1. The monoisotopic (exact) mass is 343 g/mol. The van der Waals surface area contributed by atoms with E-state index in [0.29, 0.717) is 18.8 Å². The van der Waals surface area contributed by atoms with Gasteiger partial charge in [-0.15, -0.1) is 0 Å². The Kier molecular flexibility index (Phi) is 4.65. The highest BCUT2D eigenvalue weighted by Crippen LogP contribution is 2.24. The minimum Gasteiger partial charge on any atom is -0.444 e. The van der Waals surface area contributed by atoms with Crippen molar-refractivity contribution >= 4 is 23.6 Å². The number of halogens is 1. The summed E-state index contributed by atoms with van der Waals surface area (Å²) in [6, 6.07) is -0.564. The molecular weight excluding hydrogens is 322 g/mol. The van der Waals surface area contributed by atoms with Crippen LogP contribution in [0.4, 0.5) is 4.79 Å². The normalized spacial score (nSPS) is 22.7. The second-order valence-corrected chi connectivity index (χ2v) is 6.89. The van der Waals surface area contributed by atoms with Crippen molar-refractivity contribution in [2.45, 2.75) is 32.4 Å². The minimum absolute atomic E-state index is 0.0624. The molecule has 23 heavy (non-hydrogen) atoms. The van der Waals surface area contributed by atoms with Gasteiger partial charge in [0.15, 0.2) is 0 Å². The molecule has 1 atom stereocenters. The molecule has 1 fully saturated rings. The van der Waals surface area contributed by atoms with Gasteiger partial charge in [0.25, 0.3) is 0 Å². The van der Waals surface area contributed by atoms with E-state index in [-0.39, 0.29) is 23.4 Å². The number of rotatable bonds is 1. The summed E-state index contributed by atoms with van der Waals surface area (Å²) in [7, 11) is 0. The Labute approximate surface area is 140 Å². The number of amides is 2. The molecule has 2 aliphatic heterocycles. The molecule has 0 aromatic carbocycles. The maximum Gasteiger partial charge on any atom is 0.410 e. The van der Waals surface area contributed by atoms with Crippen molar-refractivity contribution in [3.05, 3.63) is 22.8 Å². The molecular formula is C14H22ClN5O3. The van der Waals surface area contributed by atoms with Gasteiger partial charge in [-0.05, 0) is 26.8 Å². The lowest BCUT2D eigenvalue weighted by Crippen LogP contribution is -2.63. The summed E-state index contributed by atoms with van der Waals surface area (Å²) < 4.78 is 5.35. The Morgan fingerprint density at radius 1 is 1.43 bits per heavy atom. The first kappa shape index (κ1) is 17.3. The topological polar surface area (TPSA) is 114 Å². The summed E-state index contributed by atoms with van der Waals surface area (Å²) in [5, 5.41) is 2.64. The van der Waals surface area contributed by atoms with Crippen LogP contribution < -0.4 is 16.8 Å². The zero-order chi connectivity index (χ0) is 17.4. The molecule has 2 heterocycles. The Bertz CT molecular complexity index is 577. The third-order valence-corrected chi connectivity index (χ3v) is 3.56. The second-order valence-electron chi connectivity index (χ2n) is 6.45. The average molecular weight is 344 g/mol. The minimum atomic E-state index is -0.589. The van der Waals surface area contributed by atoms with Gasteiger partial charge in [0.1, 0.15) is 22.6 Å². The third kappa shape index (κ3) is 4.01. The van der Waals surface area contributed by atoms with E-state index in [1.54, 1.807) is 25.7 Å². The first-order chi connectivity index (χ1) is 10.6. The van der Waals surface area contributed by atoms with Gasteiger partial charge in [0.05, 0.1) is 12.2 Å². The molecule has 1 saturated heterocycles. The van der Waals surface area contributed by atoms with E-state index in [1.807, 2.05) is 0 Å². The van der Waals surface area contributed by atoms with Crippen LogP contribution in [0.1, 0.15) is 20.8 Å². The summed E-state index contributed by atoms with van der Waals surface area (Å²) in [5.74, 6) is -0.0818. The fourth-order valence-corrected chi connectivity index (χ4v) is 2.62. The highest BCUT2D eigenvalue weighted by Gasteiger charge is 2.40. The van der Waals surface area contributed by atoms with Crippen LogP contribution in [0.5, 0.6) is 0 Å².